The first-order chi connectivity index (χ1) is 40.6. The third kappa shape index (κ3) is 11.5. The summed E-state index contributed by atoms with van der Waals surface area (Å²) >= 11 is 0. The van der Waals surface area contributed by atoms with Crippen LogP contribution in [0.5, 0.6) is 0 Å². The van der Waals surface area contributed by atoms with Gasteiger partial charge in [-0.05, 0) is 192 Å². The predicted molar refractivity (Wildman–Crippen MR) is 368 cm³/mol. The number of anilines is 6. The van der Waals surface area contributed by atoms with E-state index in [4.69, 9.17) is 0 Å². The van der Waals surface area contributed by atoms with Crippen LogP contribution in [0, 0.1) is 10.8 Å². The highest BCUT2D eigenvalue weighted by atomic mass is 15.2. The molecule has 0 bridgehead atoms. The standard InChI is InChI=1S/C82H88N2/c1-12-15-16-17-22-50-80(7,8)81(9,10)51-49-58(6)60-33-35-61(36-34-60)64-25-23-27-70(53-64)83(69-47-43-63(44-48-69)66-40-38-62-37-39-65(62)52-66)78-55-76-73-30-19-21-32-75(73)79(56-77(76)72-29-18-20-31-74(72)78)84(68-45-41-59(42-46-68)57(4)5)71-28-24-26-67(54-71)82(11,13-2)14-3/h18-21,23-36,38,40-49,51-57H,6,12-17,22,37,39,50H2,1-5,7-11H3/b51-49-. The number of nitrogens with zero attached hydrogens (tertiary/aromatic N) is 2. The van der Waals surface area contributed by atoms with Gasteiger partial charge in [-0.2, -0.15) is 0 Å². The molecule has 2 nitrogen and oxygen atoms in total. The Morgan fingerprint density at radius 1 is 0.464 bits per heavy atom. The van der Waals surface area contributed by atoms with Crippen molar-refractivity contribution in [3.63, 3.8) is 0 Å². The molecule has 0 fully saturated rings. The molecule has 10 aromatic rings. The van der Waals surface area contributed by atoms with Crippen molar-refractivity contribution in [2.24, 2.45) is 10.8 Å². The molecular weight excluding hydrogens is 1010 g/mol. The Bertz CT molecular complexity index is 3990. The number of hydrogen-bond acceptors (Lipinski definition) is 2. The average Bonchev–Trinajstić information content (AvgIpc) is 1.60. The van der Waals surface area contributed by atoms with E-state index in [9.17, 15) is 0 Å². The van der Waals surface area contributed by atoms with E-state index >= 15 is 0 Å². The number of hydrogen-bond donors (Lipinski definition) is 0. The normalized spacial score (nSPS) is 12.8. The Kier molecular flexibility index (Phi) is 16.8. The molecule has 84 heavy (non-hydrogen) atoms. The summed E-state index contributed by atoms with van der Waals surface area (Å²) in [5, 5.41) is 7.27. The third-order valence-electron chi connectivity index (χ3n) is 19.9. The van der Waals surface area contributed by atoms with Gasteiger partial charge in [0.15, 0.2) is 0 Å². The van der Waals surface area contributed by atoms with Crippen molar-refractivity contribution in [2.45, 2.75) is 145 Å². The van der Waals surface area contributed by atoms with Gasteiger partial charge in [-0.1, -0.05) is 260 Å². The molecule has 0 aromatic heterocycles. The Morgan fingerprint density at radius 3 is 1.52 bits per heavy atom. The molecular formula is C82H88N2. The van der Waals surface area contributed by atoms with Crippen LogP contribution in [0.1, 0.15) is 154 Å². The molecule has 0 heterocycles. The monoisotopic (exact) mass is 1100 g/mol. The minimum Gasteiger partial charge on any atom is -0.310 e. The van der Waals surface area contributed by atoms with Gasteiger partial charge >= 0.3 is 0 Å². The molecule has 0 N–H and O–H groups in total. The molecule has 0 amide bonds. The van der Waals surface area contributed by atoms with Crippen molar-refractivity contribution in [3.8, 4) is 22.3 Å². The van der Waals surface area contributed by atoms with E-state index in [1.165, 1.54) is 122 Å². The van der Waals surface area contributed by atoms with Crippen molar-refractivity contribution in [2.75, 3.05) is 9.80 Å². The summed E-state index contributed by atoms with van der Waals surface area (Å²) in [5.74, 6) is 0.433. The van der Waals surface area contributed by atoms with Gasteiger partial charge in [0.25, 0.3) is 0 Å². The summed E-state index contributed by atoms with van der Waals surface area (Å²) in [6.45, 7) is 28.1. The van der Waals surface area contributed by atoms with E-state index in [0.29, 0.717) is 5.92 Å². The second-order valence-electron chi connectivity index (χ2n) is 26.0. The molecule has 0 spiro atoms. The summed E-state index contributed by atoms with van der Waals surface area (Å²) < 4.78 is 0. The van der Waals surface area contributed by atoms with Crippen LogP contribution in [0.4, 0.5) is 34.1 Å². The van der Waals surface area contributed by atoms with E-state index in [0.717, 1.165) is 64.4 Å². The quantitative estimate of drug-likeness (QED) is 0.0379. The molecule has 10 aromatic carbocycles. The summed E-state index contributed by atoms with van der Waals surface area (Å²) in [7, 11) is 0. The maximum absolute atomic E-state index is 4.58. The van der Waals surface area contributed by atoms with Crippen LogP contribution in [0.3, 0.4) is 0 Å². The number of fused-ring (bicyclic) bond motifs is 6. The first kappa shape index (κ1) is 57.9. The van der Waals surface area contributed by atoms with E-state index in [1.54, 1.807) is 0 Å². The maximum Gasteiger partial charge on any atom is 0.0546 e. The van der Waals surface area contributed by atoms with Crippen molar-refractivity contribution in [3.05, 3.63) is 247 Å². The first-order valence-corrected chi connectivity index (χ1v) is 31.6. The van der Waals surface area contributed by atoms with E-state index < -0.39 is 0 Å². The molecule has 1 aliphatic carbocycles. The first-order valence-electron chi connectivity index (χ1n) is 31.6. The topological polar surface area (TPSA) is 6.48 Å². The Labute approximate surface area is 503 Å². The minimum atomic E-state index is 0.0297. The van der Waals surface area contributed by atoms with Crippen LogP contribution < -0.4 is 9.80 Å². The van der Waals surface area contributed by atoms with Crippen LogP contribution in [0.15, 0.2) is 219 Å². The van der Waals surface area contributed by atoms with Gasteiger partial charge in [0, 0.05) is 33.5 Å². The minimum absolute atomic E-state index is 0.0297. The highest BCUT2D eigenvalue weighted by Crippen LogP contribution is 2.50. The average molecular weight is 1100 g/mol. The van der Waals surface area contributed by atoms with Crippen LogP contribution in [0.25, 0.3) is 60.1 Å². The van der Waals surface area contributed by atoms with Gasteiger partial charge in [0.1, 0.15) is 0 Å². The molecule has 1 aliphatic rings. The predicted octanol–water partition coefficient (Wildman–Crippen LogP) is 24.7. The number of allylic oxidation sites excluding steroid dienone is 3. The van der Waals surface area contributed by atoms with Crippen molar-refractivity contribution < 1.29 is 0 Å². The number of benzene rings is 10. The SMILES string of the molecule is C=C(/C=C\C(C)(C)C(C)(C)CCCCCCC)c1ccc(-c2cccc(N(c3ccc(-c4ccc5c(c4)CC5)cc3)c3cc4c5ccccc5c(N(c5ccc(C(C)C)cc5)c5cccc(C(C)(CC)CC)c5)cc4c4ccccc34)c2)cc1. The zero-order valence-electron chi connectivity index (χ0n) is 52.0. The lowest BCUT2D eigenvalue weighted by atomic mass is 9.65. The molecule has 0 saturated carbocycles. The van der Waals surface area contributed by atoms with Gasteiger partial charge < -0.3 is 9.80 Å². The molecule has 426 valence electrons. The van der Waals surface area contributed by atoms with E-state index in [2.05, 4.69) is 298 Å². The maximum atomic E-state index is 4.58. The molecule has 2 heteroatoms. The fourth-order valence-electron chi connectivity index (χ4n) is 12.8. The Hall–Kier alpha value is -7.94. The highest BCUT2D eigenvalue weighted by molar-refractivity contribution is 6.24. The van der Waals surface area contributed by atoms with E-state index in [1.807, 2.05) is 0 Å². The Morgan fingerprint density at radius 2 is 0.976 bits per heavy atom. The zero-order valence-corrected chi connectivity index (χ0v) is 52.0. The van der Waals surface area contributed by atoms with Crippen LogP contribution >= 0.6 is 0 Å². The van der Waals surface area contributed by atoms with Crippen LogP contribution in [-0.4, -0.2) is 0 Å². The second kappa shape index (κ2) is 24.3. The van der Waals surface area contributed by atoms with Crippen molar-refractivity contribution in [1.82, 2.24) is 0 Å². The van der Waals surface area contributed by atoms with Gasteiger partial charge in [-0.15, -0.1) is 0 Å². The Balaban J connectivity index is 1.03. The third-order valence-corrected chi connectivity index (χ3v) is 19.9. The molecule has 0 atom stereocenters. The smallest absolute Gasteiger partial charge is 0.0546 e. The lowest BCUT2D eigenvalue weighted by Crippen LogP contribution is -2.30. The van der Waals surface area contributed by atoms with E-state index in [-0.39, 0.29) is 16.2 Å². The summed E-state index contributed by atoms with van der Waals surface area (Å²) in [5.41, 5.74) is 19.8. The lowest BCUT2D eigenvalue weighted by Gasteiger charge is -2.40. The molecule has 0 aliphatic heterocycles. The zero-order chi connectivity index (χ0) is 58.8. The van der Waals surface area contributed by atoms with Gasteiger partial charge in [0.2, 0.25) is 0 Å². The fourth-order valence-corrected chi connectivity index (χ4v) is 12.8. The van der Waals surface area contributed by atoms with Gasteiger partial charge in [-0.25, -0.2) is 0 Å². The van der Waals surface area contributed by atoms with Crippen LogP contribution in [-0.2, 0) is 18.3 Å². The molecule has 0 saturated heterocycles. The number of unbranched alkanes of at least 4 members (excludes halogenated alkanes) is 4. The highest BCUT2D eigenvalue weighted by Gasteiger charge is 2.34. The van der Waals surface area contributed by atoms with Gasteiger partial charge in [0.05, 0.1) is 11.4 Å². The molecule has 0 unspecified atom stereocenters. The summed E-state index contributed by atoms with van der Waals surface area (Å²) in [4.78, 5) is 5.01. The van der Waals surface area contributed by atoms with Crippen molar-refractivity contribution >= 4 is 72.0 Å². The summed E-state index contributed by atoms with van der Waals surface area (Å²) in [6, 6.07) is 76.2. The second-order valence-corrected chi connectivity index (χ2v) is 26.0. The lowest BCUT2D eigenvalue weighted by molar-refractivity contribution is 0.146. The number of aryl methyl sites for hydroxylation is 2. The fraction of sp³-hybridized carbons (Fsp3) is 0.293. The van der Waals surface area contributed by atoms with Crippen LogP contribution in [0.2, 0.25) is 0 Å². The van der Waals surface area contributed by atoms with Gasteiger partial charge in [-0.3, -0.25) is 0 Å². The number of rotatable bonds is 22. The van der Waals surface area contributed by atoms with Crippen molar-refractivity contribution in [1.29, 1.82) is 0 Å². The largest absolute Gasteiger partial charge is 0.310 e. The summed E-state index contributed by atoms with van der Waals surface area (Å²) in [6.07, 6.45) is 16.9. The molecule has 0 radical (unpaired) electrons. The molecule has 11 rings (SSSR count).